The summed E-state index contributed by atoms with van der Waals surface area (Å²) in [7, 11) is 1.25. The monoisotopic (exact) mass is 197 g/mol. The maximum atomic E-state index is 10.8. The van der Waals surface area contributed by atoms with Crippen molar-refractivity contribution in [1.82, 2.24) is 0 Å². The molecule has 12 heavy (non-hydrogen) atoms. The Morgan fingerprint density at radius 2 is 1.92 bits per heavy atom. The normalized spacial score (nSPS) is 14.8. The van der Waals surface area contributed by atoms with E-state index in [9.17, 15) is 9.90 Å². The van der Waals surface area contributed by atoms with Crippen LogP contribution in [0.4, 0.5) is 0 Å². The number of rotatable bonds is 3. The van der Waals surface area contributed by atoms with Crippen molar-refractivity contribution in [2.45, 2.75) is 26.0 Å². The predicted octanol–water partition coefficient (Wildman–Crippen LogP) is -0.0746. The maximum Gasteiger partial charge on any atom is 0.325 e. The summed E-state index contributed by atoms with van der Waals surface area (Å²) in [6.07, 6.45) is -0.831. The first-order valence-electron chi connectivity index (χ1n) is 3.52. The predicted molar refractivity (Wildman–Crippen MR) is 48.1 cm³/mol. The summed E-state index contributed by atoms with van der Waals surface area (Å²) >= 11 is 0. The van der Waals surface area contributed by atoms with Gasteiger partial charge in [0, 0.05) is 0 Å². The number of ether oxygens (including phenoxy) is 1. The largest absolute Gasteiger partial charge is 0.468 e. The van der Waals surface area contributed by atoms with Crippen LogP contribution in [0.15, 0.2) is 0 Å². The Bertz CT molecular complexity index is 141. The molecule has 0 amide bonds. The summed E-state index contributed by atoms with van der Waals surface area (Å²) in [5.74, 6) is -0.615. The molecule has 2 atom stereocenters. The Balaban J connectivity index is 0. The molecule has 0 saturated carbocycles. The van der Waals surface area contributed by atoms with Gasteiger partial charge in [0.2, 0.25) is 0 Å². The van der Waals surface area contributed by atoms with Gasteiger partial charge in [0.25, 0.3) is 0 Å². The number of nitrogens with two attached hydrogens (primary N) is 1. The third-order valence-electron chi connectivity index (χ3n) is 1.52. The highest BCUT2D eigenvalue weighted by Crippen LogP contribution is 2.05. The van der Waals surface area contributed by atoms with E-state index in [0.717, 1.165) is 0 Å². The van der Waals surface area contributed by atoms with Gasteiger partial charge < -0.3 is 15.6 Å². The number of esters is 1. The number of hydrogen-bond donors (Lipinski definition) is 2. The van der Waals surface area contributed by atoms with Gasteiger partial charge in [-0.05, 0) is 5.92 Å². The molecule has 0 aromatic heterocycles. The molecule has 5 heteroatoms. The Labute approximate surface area is 78.5 Å². The van der Waals surface area contributed by atoms with Crippen molar-refractivity contribution in [3.05, 3.63) is 0 Å². The zero-order valence-electron chi connectivity index (χ0n) is 7.48. The number of carbonyl (C=O) groups excluding carboxylic acids is 1. The van der Waals surface area contributed by atoms with E-state index in [2.05, 4.69) is 4.74 Å². The molecular formula is C7H16ClNO3. The number of aliphatic hydroxyl groups is 1. The van der Waals surface area contributed by atoms with Gasteiger partial charge in [0.1, 0.15) is 6.04 Å². The van der Waals surface area contributed by atoms with Crippen molar-refractivity contribution in [3.63, 3.8) is 0 Å². The van der Waals surface area contributed by atoms with Crippen LogP contribution in [-0.4, -0.2) is 30.3 Å². The van der Waals surface area contributed by atoms with Crippen molar-refractivity contribution in [2.24, 2.45) is 11.7 Å². The van der Waals surface area contributed by atoms with E-state index >= 15 is 0 Å². The number of carbonyl (C=O) groups is 1. The molecule has 0 spiro atoms. The maximum absolute atomic E-state index is 10.8. The topological polar surface area (TPSA) is 72.5 Å². The zero-order valence-corrected chi connectivity index (χ0v) is 8.30. The lowest BCUT2D eigenvalue weighted by Crippen LogP contribution is -2.45. The van der Waals surface area contributed by atoms with Crippen LogP contribution in [0.3, 0.4) is 0 Å². The van der Waals surface area contributed by atoms with Crippen LogP contribution in [0, 0.1) is 5.92 Å². The van der Waals surface area contributed by atoms with Crippen molar-refractivity contribution in [3.8, 4) is 0 Å². The van der Waals surface area contributed by atoms with Gasteiger partial charge in [-0.25, -0.2) is 0 Å². The van der Waals surface area contributed by atoms with Crippen LogP contribution >= 0.6 is 12.4 Å². The summed E-state index contributed by atoms with van der Waals surface area (Å²) in [5.41, 5.74) is 5.35. The summed E-state index contributed by atoms with van der Waals surface area (Å²) in [4.78, 5) is 10.8. The SMILES string of the molecule is COC(=O)[C@@H](N)[C@@H](O)C(C)C.Cl. The van der Waals surface area contributed by atoms with E-state index in [0.29, 0.717) is 0 Å². The van der Waals surface area contributed by atoms with Gasteiger partial charge in [-0.3, -0.25) is 4.79 Å². The summed E-state index contributed by atoms with van der Waals surface area (Å²) in [6, 6.07) is -0.931. The van der Waals surface area contributed by atoms with Crippen LogP contribution in [0.25, 0.3) is 0 Å². The van der Waals surface area contributed by atoms with Gasteiger partial charge in [-0.1, -0.05) is 13.8 Å². The van der Waals surface area contributed by atoms with Crippen molar-refractivity contribution in [2.75, 3.05) is 7.11 Å². The van der Waals surface area contributed by atoms with Gasteiger partial charge in [-0.15, -0.1) is 12.4 Å². The van der Waals surface area contributed by atoms with Crippen LogP contribution in [0.1, 0.15) is 13.8 Å². The number of halogens is 1. The number of aliphatic hydroxyl groups excluding tert-OH is 1. The first-order valence-corrected chi connectivity index (χ1v) is 3.52. The summed E-state index contributed by atoms with van der Waals surface area (Å²) in [6.45, 7) is 3.57. The minimum Gasteiger partial charge on any atom is -0.468 e. The second-order valence-electron chi connectivity index (χ2n) is 2.78. The fourth-order valence-corrected chi connectivity index (χ4v) is 0.690. The highest BCUT2D eigenvalue weighted by atomic mass is 35.5. The quantitative estimate of drug-likeness (QED) is 0.621. The average molecular weight is 198 g/mol. The molecule has 0 aromatic carbocycles. The molecule has 0 rings (SSSR count). The molecule has 74 valence electrons. The van der Waals surface area contributed by atoms with Crippen LogP contribution in [-0.2, 0) is 9.53 Å². The van der Waals surface area contributed by atoms with E-state index in [1.54, 1.807) is 13.8 Å². The van der Waals surface area contributed by atoms with Gasteiger partial charge >= 0.3 is 5.97 Å². The Morgan fingerprint density at radius 3 is 2.17 bits per heavy atom. The van der Waals surface area contributed by atoms with E-state index in [1.807, 2.05) is 0 Å². The fraction of sp³-hybridized carbons (Fsp3) is 0.857. The highest BCUT2D eigenvalue weighted by molar-refractivity contribution is 5.85. The Morgan fingerprint density at radius 1 is 1.50 bits per heavy atom. The molecule has 3 N–H and O–H groups in total. The second-order valence-corrected chi connectivity index (χ2v) is 2.78. The third kappa shape index (κ3) is 3.90. The minimum atomic E-state index is -0.931. The van der Waals surface area contributed by atoms with Crippen molar-refractivity contribution >= 4 is 18.4 Å². The molecule has 0 saturated heterocycles. The molecule has 0 heterocycles. The van der Waals surface area contributed by atoms with Crippen LogP contribution in [0.2, 0.25) is 0 Å². The molecule has 4 nitrogen and oxygen atoms in total. The Kier molecular flexibility index (Phi) is 7.37. The van der Waals surface area contributed by atoms with E-state index in [1.165, 1.54) is 7.11 Å². The lowest BCUT2D eigenvalue weighted by atomic mass is 10.0. The van der Waals surface area contributed by atoms with Gasteiger partial charge in [0.05, 0.1) is 13.2 Å². The Hall–Kier alpha value is -0.320. The zero-order chi connectivity index (χ0) is 9.02. The first kappa shape index (κ1) is 14.2. The van der Waals surface area contributed by atoms with Gasteiger partial charge in [-0.2, -0.15) is 0 Å². The second kappa shape index (κ2) is 6.22. The van der Waals surface area contributed by atoms with E-state index in [4.69, 9.17) is 5.73 Å². The van der Waals surface area contributed by atoms with Gasteiger partial charge in [0.15, 0.2) is 0 Å². The smallest absolute Gasteiger partial charge is 0.325 e. The average Bonchev–Trinajstić information content (AvgIpc) is 2.00. The molecule has 0 aliphatic rings. The first-order chi connectivity index (χ1) is 5.00. The molecule has 0 aliphatic carbocycles. The number of methoxy groups -OCH3 is 1. The van der Waals surface area contributed by atoms with Crippen LogP contribution < -0.4 is 5.73 Å². The summed E-state index contributed by atoms with van der Waals surface area (Å²) < 4.78 is 4.36. The van der Waals surface area contributed by atoms with E-state index < -0.39 is 18.1 Å². The molecular weight excluding hydrogens is 182 g/mol. The fourth-order valence-electron chi connectivity index (χ4n) is 0.690. The lowest BCUT2D eigenvalue weighted by molar-refractivity contribution is -0.145. The number of hydrogen-bond acceptors (Lipinski definition) is 4. The lowest BCUT2D eigenvalue weighted by Gasteiger charge is -2.19. The standard InChI is InChI=1S/C7H15NO3.ClH/c1-4(2)6(9)5(8)7(10)11-3;/h4-6,9H,8H2,1-3H3;1H/t5-,6-;/m0./s1. The third-order valence-corrected chi connectivity index (χ3v) is 1.52. The molecule has 0 aromatic rings. The highest BCUT2D eigenvalue weighted by Gasteiger charge is 2.25. The molecule has 0 unspecified atom stereocenters. The van der Waals surface area contributed by atoms with E-state index in [-0.39, 0.29) is 18.3 Å². The molecule has 0 radical (unpaired) electrons. The van der Waals surface area contributed by atoms with Crippen molar-refractivity contribution < 1.29 is 14.6 Å². The molecule has 0 aliphatic heterocycles. The molecule has 0 bridgehead atoms. The minimum absolute atomic E-state index is 0. The van der Waals surface area contributed by atoms with Crippen molar-refractivity contribution in [1.29, 1.82) is 0 Å². The summed E-state index contributed by atoms with van der Waals surface area (Å²) in [5, 5.41) is 9.27. The van der Waals surface area contributed by atoms with Crippen LogP contribution in [0.5, 0.6) is 0 Å². The molecule has 0 fully saturated rings.